The van der Waals surface area contributed by atoms with Crippen molar-refractivity contribution in [1.82, 2.24) is 9.55 Å². The number of hydrogen-bond acceptors (Lipinski definition) is 4. The van der Waals surface area contributed by atoms with Crippen molar-refractivity contribution in [2.45, 2.75) is 25.6 Å². The van der Waals surface area contributed by atoms with Crippen LogP contribution < -0.4 is 0 Å². The molecule has 0 bridgehead atoms. The van der Waals surface area contributed by atoms with Crippen LogP contribution in [0, 0.1) is 0 Å². The molecule has 6 heteroatoms. The van der Waals surface area contributed by atoms with E-state index in [4.69, 9.17) is 21.7 Å². The lowest BCUT2D eigenvalue weighted by molar-refractivity contribution is -0.180. The second-order valence-corrected chi connectivity index (χ2v) is 4.67. The summed E-state index contributed by atoms with van der Waals surface area (Å²) in [6, 6.07) is 0. The molecule has 0 amide bonds. The molecule has 16 heavy (non-hydrogen) atoms. The fraction of sp³-hybridized carbons (Fsp3) is 0.600. The fourth-order valence-corrected chi connectivity index (χ4v) is 1.99. The van der Waals surface area contributed by atoms with E-state index in [9.17, 15) is 0 Å². The number of nitrogens with zero attached hydrogens (tertiary/aromatic N) is 2. The lowest BCUT2D eigenvalue weighted by atomic mass is 10.2. The van der Waals surface area contributed by atoms with Crippen molar-refractivity contribution < 1.29 is 9.47 Å². The topological polar surface area (TPSA) is 36.3 Å². The number of imidazole rings is 1. The van der Waals surface area contributed by atoms with E-state index in [0.717, 1.165) is 38.3 Å². The summed E-state index contributed by atoms with van der Waals surface area (Å²) in [6.45, 7) is 1.56. The highest BCUT2D eigenvalue weighted by Gasteiger charge is 2.15. The Labute approximate surface area is 105 Å². The standard InChI is InChI=1S/C10H14N2O2S2/c15-10(16)12-5-4-11-8(12)2-3-9-13-6-1-7-14-9/h4-5,9H,1-3,6-7H2,(H,15,16). The SMILES string of the molecule is S=C(S)n1ccnc1CCC1OCCCO1. The second kappa shape index (κ2) is 5.77. The molecule has 1 aliphatic rings. The van der Waals surface area contributed by atoms with Gasteiger partial charge in [0.15, 0.2) is 6.29 Å². The summed E-state index contributed by atoms with van der Waals surface area (Å²) in [5.41, 5.74) is 0. The first-order chi connectivity index (χ1) is 7.77. The first-order valence-corrected chi connectivity index (χ1v) is 6.11. The first kappa shape index (κ1) is 12.0. The molecular weight excluding hydrogens is 244 g/mol. The van der Waals surface area contributed by atoms with Gasteiger partial charge in [-0.1, -0.05) is 12.2 Å². The highest BCUT2D eigenvalue weighted by molar-refractivity contribution is 8.11. The van der Waals surface area contributed by atoms with Gasteiger partial charge in [0, 0.05) is 25.2 Å². The molecular formula is C10H14N2O2S2. The van der Waals surface area contributed by atoms with E-state index in [1.165, 1.54) is 0 Å². The van der Waals surface area contributed by atoms with Crippen LogP contribution in [0.4, 0.5) is 0 Å². The molecule has 0 radical (unpaired) electrons. The molecule has 0 aliphatic carbocycles. The molecule has 0 unspecified atom stereocenters. The van der Waals surface area contributed by atoms with Gasteiger partial charge in [0.05, 0.1) is 13.2 Å². The van der Waals surface area contributed by atoms with Crippen molar-refractivity contribution in [3.63, 3.8) is 0 Å². The third-order valence-corrected chi connectivity index (χ3v) is 2.84. The third-order valence-electron chi connectivity index (χ3n) is 2.42. The molecule has 0 N–H and O–H groups in total. The van der Waals surface area contributed by atoms with Gasteiger partial charge in [-0.2, -0.15) is 0 Å². The Kier molecular flexibility index (Phi) is 4.34. The Morgan fingerprint density at radius 2 is 2.31 bits per heavy atom. The minimum absolute atomic E-state index is 0.104. The van der Waals surface area contributed by atoms with Gasteiger partial charge >= 0.3 is 0 Å². The van der Waals surface area contributed by atoms with Gasteiger partial charge in [0.1, 0.15) is 10.1 Å². The minimum Gasteiger partial charge on any atom is -0.353 e. The lowest BCUT2D eigenvalue weighted by Crippen LogP contribution is -2.25. The summed E-state index contributed by atoms with van der Waals surface area (Å²) in [6.07, 6.45) is 5.98. The molecule has 0 spiro atoms. The molecule has 0 saturated carbocycles. The van der Waals surface area contributed by atoms with Crippen LogP contribution in [-0.4, -0.2) is 33.4 Å². The molecule has 2 heterocycles. The zero-order chi connectivity index (χ0) is 11.4. The zero-order valence-electron chi connectivity index (χ0n) is 8.83. The van der Waals surface area contributed by atoms with Crippen molar-refractivity contribution in [2.24, 2.45) is 0 Å². The first-order valence-electron chi connectivity index (χ1n) is 5.26. The number of ether oxygens (including phenoxy) is 2. The molecule has 88 valence electrons. The molecule has 0 aromatic carbocycles. The average molecular weight is 258 g/mol. The highest BCUT2D eigenvalue weighted by atomic mass is 32.1. The Hall–Kier alpha value is -0.430. The number of hydrogen-bond donors (Lipinski definition) is 1. The summed E-state index contributed by atoms with van der Waals surface area (Å²) in [4.78, 5) is 4.24. The van der Waals surface area contributed by atoms with Crippen molar-refractivity contribution in [3.05, 3.63) is 18.2 Å². The largest absolute Gasteiger partial charge is 0.353 e. The van der Waals surface area contributed by atoms with E-state index >= 15 is 0 Å². The maximum atomic E-state index is 5.47. The van der Waals surface area contributed by atoms with Crippen LogP contribution >= 0.6 is 24.8 Å². The van der Waals surface area contributed by atoms with Gasteiger partial charge < -0.3 is 9.47 Å². The molecule has 1 aromatic heterocycles. The maximum absolute atomic E-state index is 5.47. The second-order valence-electron chi connectivity index (χ2n) is 3.56. The zero-order valence-corrected chi connectivity index (χ0v) is 10.5. The predicted molar refractivity (Wildman–Crippen MR) is 67.8 cm³/mol. The lowest BCUT2D eigenvalue weighted by Gasteiger charge is -2.22. The van der Waals surface area contributed by atoms with Crippen LogP contribution in [-0.2, 0) is 15.9 Å². The van der Waals surface area contributed by atoms with Crippen LogP contribution in [0.15, 0.2) is 12.4 Å². The Bertz CT molecular complexity index is 361. The monoisotopic (exact) mass is 258 g/mol. The Morgan fingerprint density at radius 1 is 1.56 bits per heavy atom. The van der Waals surface area contributed by atoms with Crippen LogP contribution in [0.3, 0.4) is 0 Å². The normalized spacial score (nSPS) is 17.6. The van der Waals surface area contributed by atoms with E-state index < -0.39 is 0 Å². The van der Waals surface area contributed by atoms with E-state index in [0.29, 0.717) is 4.32 Å². The van der Waals surface area contributed by atoms with Crippen LogP contribution in [0.5, 0.6) is 0 Å². The summed E-state index contributed by atoms with van der Waals surface area (Å²) in [7, 11) is 0. The number of aryl methyl sites for hydroxylation is 1. The van der Waals surface area contributed by atoms with Crippen molar-refractivity contribution in [1.29, 1.82) is 0 Å². The molecule has 1 aromatic rings. The number of thiocarbonyl (C=S) groups is 1. The van der Waals surface area contributed by atoms with E-state index in [1.807, 2.05) is 6.20 Å². The van der Waals surface area contributed by atoms with Gasteiger partial charge in [-0.15, -0.1) is 12.6 Å². The maximum Gasteiger partial charge on any atom is 0.158 e. The van der Waals surface area contributed by atoms with Crippen LogP contribution in [0.1, 0.15) is 18.7 Å². The van der Waals surface area contributed by atoms with Gasteiger partial charge in [0.25, 0.3) is 0 Å². The van der Waals surface area contributed by atoms with E-state index in [1.54, 1.807) is 10.8 Å². The number of thiol groups is 1. The molecule has 1 aliphatic heterocycles. The average Bonchev–Trinajstić information content (AvgIpc) is 2.76. The van der Waals surface area contributed by atoms with Gasteiger partial charge in [-0.05, 0) is 6.42 Å². The Balaban J connectivity index is 1.88. The van der Waals surface area contributed by atoms with Crippen molar-refractivity contribution in [3.8, 4) is 0 Å². The van der Waals surface area contributed by atoms with Crippen molar-refractivity contribution in [2.75, 3.05) is 13.2 Å². The summed E-state index contributed by atoms with van der Waals surface area (Å²) >= 11 is 9.13. The minimum atomic E-state index is -0.104. The van der Waals surface area contributed by atoms with Crippen molar-refractivity contribution >= 4 is 29.2 Å². The highest BCUT2D eigenvalue weighted by Crippen LogP contribution is 2.12. The van der Waals surface area contributed by atoms with E-state index in [-0.39, 0.29) is 6.29 Å². The summed E-state index contributed by atoms with van der Waals surface area (Å²) in [5, 5.41) is 0. The molecule has 2 rings (SSSR count). The molecule has 1 saturated heterocycles. The summed E-state index contributed by atoms with van der Waals surface area (Å²) in [5.74, 6) is 0.901. The quantitative estimate of drug-likeness (QED) is 0.660. The van der Waals surface area contributed by atoms with Gasteiger partial charge in [0.2, 0.25) is 0 Å². The smallest absolute Gasteiger partial charge is 0.158 e. The molecule has 1 fully saturated rings. The predicted octanol–water partition coefficient (Wildman–Crippen LogP) is 1.64. The number of rotatable bonds is 3. The van der Waals surface area contributed by atoms with Gasteiger partial charge in [-0.3, -0.25) is 4.57 Å². The fourth-order valence-electron chi connectivity index (χ4n) is 1.64. The van der Waals surface area contributed by atoms with Crippen LogP contribution in [0.2, 0.25) is 0 Å². The number of aromatic nitrogens is 2. The van der Waals surface area contributed by atoms with Gasteiger partial charge in [-0.25, -0.2) is 4.98 Å². The third kappa shape index (κ3) is 3.04. The van der Waals surface area contributed by atoms with E-state index in [2.05, 4.69) is 17.6 Å². The van der Waals surface area contributed by atoms with Crippen LogP contribution in [0.25, 0.3) is 0 Å². The Morgan fingerprint density at radius 3 is 3.00 bits per heavy atom. The molecule has 0 atom stereocenters. The molecule has 4 nitrogen and oxygen atoms in total. The summed E-state index contributed by atoms with van der Waals surface area (Å²) < 4.78 is 13.2.